The molecule has 0 saturated heterocycles. The van der Waals surface area contributed by atoms with Crippen LogP contribution in [0.2, 0.25) is 5.02 Å². The van der Waals surface area contributed by atoms with Gasteiger partial charge < -0.3 is 19.5 Å². The van der Waals surface area contributed by atoms with Gasteiger partial charge in [-0.2, -0.15) is 0 Å². The van der Waals surface area contributed by atoms with E-state index in [1.807, 2.05) is 24.3 Å². The Balaban J connectivity index is 1.59. The number of nitrogens with one attached hydrogen (secondary N) is 1. The third-order valence-electron chi connectivity index (χ3n) is 3.66. The molecule has 6 nitrogen and oxygen atoms in total. The van der Waals surface area contributed by atoms with Crippen LogP contribution in [0.5, 0.6) is 11.5 Å². The number of anilines is 1. The summed E-state index contributed by atoms with van der Waals surface area (Å²) in [6.45, 7) is -0.340. The maximum absolute atomic E-state index is 12.1. The van der Waals surface area contributed by atoms with E-state index in [-0.39, 0.29) is 6.61 Å². The summed E-state index contributed by atoms with van der Waals surface area (Å²) in [6, 6.07) is 12.2. The van der Waals surface area contributed by atoms with E-state index in [2.05, 4.69) is 5.32 Å². The van der Waals surface area contributed by atoms with Gasteiger partial charge >= 0.3 is 5.97 Å². The Morgan fingerprint density at radius 1 is 1.23 bits per heavy atom. The molecule has 2 aromatic carbocycles. The van der Waals surface area contributed by atoms with Crippen LogP contribution < -0.4 is 14.8 Å². The van der Waals surface area contributed by atoms with Crippen molar-refractivity contribution in [2.75, 3.05) is 25.6 Å². The number of carbonyl (C=O) groups excluding carboxylic acids is 2. The molecule has 0 unspecified atom stereocenters. The highest BCUT2D eigenvalue weighted by atomic mass is 35.5. The van der Waals surface area contributed by atoms with E-state index < -0.39 is 18.5 Å². The van der Waals surface area contributed by atoms with Gasteiger partial charge in [-0.3, -0.25) is 4.79 Å². The molecule has 3 rings (SSSR count). The number of carbonyl (C=O) groups is 2. The molecule has 1 aliphatic rings. The molecule has 0 aromatic heterocycles. The molecule has 0 radical (unpaired) electrons. The van der Waals surface area contributed by atoms with E-state index in [9.17, 15) is 9.59 Å². The van der Waals surface area contributed by atoms with E-state index in [0.717, 1.165) is 5.56 Å². The lowest BCUT2D eigenvalue weighted by Gasteiger charge is -2.17. The van der Waals surface area contributed by atoms with Gasteiger partial charge in [0, 0.05) is 10.6 Å². The number of amides is 1. The van der Waals surface area contributed by atoms with Crippen molar-refractivity contribution < 1.29 is 23.8 Å². The number of halogens is 1. The van der Waals surface area contributed by atoms with Crippen molar-refractivity contribution in [2.45, 2.75) is 0 Å². The van der Waals surface area contributed by atoms with Crippen molar-refractivity contribution >= 4 is 35.2 Å². The van der Waals surface area contributed by atoms with E-state index in [1.165, 1.54) is 7.11 Å². The first-order valence-corrected chi connectivity index (χ1v) is 8.17. The fraction of sp³-hybridized carbons (Fsp3) is 0.158. The van der Waals surface area contributed by atoms with Crippen molar-refractivity contribution in [3.8, 4) is 11.5 Å². The summed E-state index contributed by atoms with van der Waals surface area (Å²) in [6.07, 6.45) is 1.69. The zero-order valence-corrected chi connectivity index (χ0v) is 14.7. The molecule has 0 fully saturated rings. The highest BCUT2D eigenvalue weighted by Gasteiger charge is 2.19. The summed E-state index contributed by atoms with van der Waals surface area (Å²) in [7, 11) is 1.48. The second kappa shape index (κ2) is 7.93. The van der Waals surface area contributed by atoms with Crippen molar-refractivity contribution in [3.63, 3.8) is 0 Å². The Labute approximate surface area is 155 Å². The average Bonchev–Trinajstić information content (AvgIpc) is 2.66. The van der Waals surface area contributed by atoms with Crippen molar-refractivity contribution in [2.24, 2.45) is 0 Å². The summed E-state index contributed by atoms with van der Waals surface area (Å²) >= 11 is 5.91. The first kappa shape index (κ1) is 17.8. The largest absolute Gasteiger partial charge is 0.495 e. The molecule has 134 valence electrons. The number of hydrogen-bond acceptors (Lipinski definition) is 5. The maximum Gasteiger partial charge on any atom is 0.338 e. The minimum atomic E-state index is -0.604. The third-order valence-corrected chi connectivity index (χ3v) is 3.90. The zero-order valence-electron chi connectivity index (χ0n) is 14.0. The van der Waals surface area contributed by atoms with Crippen molar-refractivity contribution in [1.29, 1.82) is 0 Å². The SMILES string of the molecule is COc1ccc(Cl)cc1NC(=O)COC(=O)C1=Cc2ccccc2OC1. The average molecular weight is 374 g/mol. The van der Waals surface area contributed by atoms with Gasteiger partial charge in [-0.25, -0.2) is 4.79 Å². The topological polar surface area (TPSA) is 73.9 Å². The molecular formula is C19H16ClNO5. The van der Waals surface area contributed by atoms with Crippen LogP contribution in [0, 0.1) is 0 Å². The fourth-order valence-corrected chi connectivity index (χ4v) is 2.59. The first-order chi connectivity index (χ1) is 12.6. The van der Waals surface area contributed by atoms with Crippen LogP contribution in [0.1, 0.15) is 5.56 Å². The van der Waals surface area contributed by atoms with Crippen molar-refractivity contribution in [1.82, 2.24) is 0 Å². The molecule has 1 N–H and O–H groups in total. The molecule has 0 saturated carbocycles. The van der Waals surface area contributed by atoms with Crippen LogP contribution in [0.15, 0.2) is 48.0 Å². The molecule has 0 spiro atoms. The molecule has 2 aromatic rings. The Hall–Kier alpha value is -2.99. The minimum Gasteiger partial charge on any atom is -0.495 e. The number of para-hydroxylation sites is 1. The molecule has 0 atom stereocenters. The summed E-state index contributed by atoms with van der Waals surface area (Å²) in [5, 5.41) is 3.05. The summed E-state index contributed by atoms with van der Waals surface area (Å²) in [5.41, 5.74) is 1.53. The van der Waals surface area contributed by atoms with Gasteiger partial charge in [-0.15, -0.1) is 0 Å². The third kappa shape index (κ3) is 4.15. The molecule has 1 amide bonds. The van der Waals surface area contributed by atoms with Crippen molar-refractivity contribution in [3.05, 3.63) is 58.6 Å². The fourth-order valence-electron chi connectivity index (χ4n) is 2.42. The smallest absolute Gasteiger partial charge is 0.338 e. The second-order valence-corrected chi connectivity index (χ2v) is 5.90. The number of esters is 1. The molecule has 1 heterocycles. The van der Waals surface area contributed by atoms with Gasteiger partial charge in [0.2, 0.25) is 0 Å². The Kier molecular flexibility index (Phi) is 5.43. The summed E-state index contributed by atoms with van der Waals surface area (Å²) in [5.74, 6) is 0.0493. The number of benzene rings is 2. The van der Waals surface area contributed by atoms with Crippen LogP contribution in [0.3, 0.4) is 0 Å². The normalized spacial score (nSPS) is 12.3. The van der Waals surface area contributed by atoms with Crippen LogP contribution in [-0.2, 0) is 14.3 Å². The van der Waals surface area contributed by atoms with Crippen LogP contribution in [-0.4, -0.2) is 32.2 Å². The van der Waals surface area contributed by atoms with Crippen LogP contribution in [0.4, 0.5) is 5.69 Å². The summed E-state index contributed by atoms with van der Waals surface area (Å²) in [4.78, 5) is 24.2. The molecule has 0 aliphatic carbocycles. The standard InChI is InChI=1S/C19H16ClNO5/c1-24-17-7-6-14(20)9-15(17)21-18(22)11-26-19(23)13-8-12-4-2-3-5-16(12)25-10-13/h2-9H,10-11H2,1H3,(H,21,22). The van der Waals surface area contributed by atoms with Gasteiger partial charge in [0.1, 0.15) is 18.1 Å². The Bertz CT molecular complexity index is 878. The predicted octanol–water partition coefficient (Wildman–Crippen LogP) is 3.31. The number of ether oxygens (including phenoxy) is 3. The van der Waals surface area contributed by atoms with E-state index in [0.29, 0.717) is 27.8 Å². The quantitative estimate of drug-likeness (QED) is 0.814. The molecular weight excluding hydrogens is 358 g/mol. The zero-order chi connectivity index (χ0) is 18.5. The number of rotatable bonds is 5. The van der Waals surface area contributed by atoms with Gasteiger partial charge in [-0.1, -0.05) is 29.8 Å². The predicted molar refractivity (Wildman–Crippen MR) is 97.5 cm³/mol. The highest BCUT2D eigenvalue weighted by molar-refractivity contribution is 6.31. The molecule has 26 heavy (non-hydrogen) atoms. The van der Waals surface area contributed by atoms with E-state index >= 15 is 0 Å². The molecule has 7 heteroatoms. The molecule has 0 bridgehead atoms. The van der Waals surface area contributed by atoms with Crippen LogP contribution in [0.25, 0.3) is 6.08 Å². The number of hydrogen-bond donors (Lipinski definition) is 1. The second-order valence-electron chi connectivity index (χ2n) is 5.46. The van der Waals surface area contributed by atoms with E-state index in [1.54, 1.807) is 24.3 Å². The van der Waals surface area contributed by atoms with Gasteiger partial charge in [0.25, 0.3) is 5.91 Å². The van der Waals surface area contributed by atoms with Gasteiger partial charge in [-0.05, 0) is 30.3 Å². The Morgan fingerprint density at radius 2 is 2.04 bits per heavy atom. The maximum atomic E-state index is 12.1. The summed E-state index contributed by atoms with van der Waals surface area (Å²) < 4.78 is 15.7. The number of methoxy groups -OCH3 is 1. The lowest BCUT2D eigenvalue weighted by atomic mass is 10.1. The van der Waals surface area contributed by atoms with Gasteiger partial charge in [0.15, 0.2) is 6.61 Å². The monoisotopic (exact) mass is 373 g/mol. The minimum absolute atomic E-state index is 0.0968. The first-order valence-electron chi connectivity index (χ1n) is 7.80. The lowest BCUT2D eigenvalue weighted by molar-refractivity contribution is -0.143. The molecule has 1 aliphatic heterocycles. The van der Waals surface area contributed by atoms with Crippen LogP contribution >= 0.6 is 11.6 Å². The van der Waals surface area contributed by atoms with E-state index in [4.69, 9.17) is 25.8 Å². The Morgan fingerprint density at radius 3 is 2.85 bits per heavy atom. The number of fused-ring (bicyclic) bond motifs is 1. The highest BCUT2D eigenvalue weighted by Crippen LogP contribution is 2.28. The van der Waals surface area contributed by atoms with Gasteiger partial charge in [0.05, 0.1) is 18.4 Å². The lowest BCUT2D eigenvalue weighted by Crippen LogP contribution is -2.24.